The van der Waals surface area contributed by atoms with Crippen LogP contribution in [0.4, 0.5) is 0 Å². The number of carbonyl (C=O) groups excluding carboxylic acids is 1. The van der Waals surface area contributed by atoms with Crippen molar-refractivity contribution in [3.8, 4) is 0 Å². The van der Waals surface area contributed by atoms with Gasteiger partial charge in [-0.05, 0) is 13.0 Å². The van der Waals surface area contributed by atoms with E-state index < -0.39 is 0 Å². The molecule has 0 spiro atoms. The third-order valence-corrected chi connectivity index (χ3v) is 2.89. The predicted octanol–water partition coefficient (Wildman–Crippen LogP) is 2.13. The normalized spacial score (nSPS) is 12.6. The molecule has 2 N–H and O–H groups in total. The van der Waals surface area contributed by atoms with Crippen molar-refractivity contribution in [2.75, 3.05) is 7.05 Å². The van der Waals surface area contributed by atoms with E-state index in [1.165, 1.54) is 0 Å². The highest BCUT2D eigenvalue weighted by Crippen LogP contribution is 2.21. The summed E-state index contributed by atoms with van der Waals surface area (Å²) < 4.78 is 5.45. The molecule has 0 bridgehead atoms. The van der Waals surface area contributed by atoms with Gasteiger partial charge < -0.3 is 15.1 Å². The molecule has 0 radical (unpaired) electrons. The zero-order chi connectivity index (χ0) is 13.1. The molecule has 1 unspecified atom stereocenters. The van der Waals surface area contributed by atoms with Crippen LogP contribution in [0.5, 0.6) is 0 Å². The summed E-state index contributed by atoms with van der Waals surface area (Å²) >= 11 is 0. The lowest BCUT2D eigenvalue weighted by molar-refractivity contribution is -0.130. The van der Waals surface area contributed by atoms with Gasteiger partial charge in [-0.1, -0.05) is 18.2 Å². The Morgan fingerprint density at radius 1 is 1.44 bits per heavy atom. The maximum absolute atomic E-state index is 11.8. The van der Waals surface area contributed by atoms with Gasteiger partial charge in [0.2, 0.25) is 5.91 Å². The summed E-state index contributed by atoms with van der Waals surface area (Å²) in [5, 5.41) is 1.05. The number of nitrogens with two attached hydrogens (primary N) is 1. The molecule has 1 aromatic heterocycles. The lowest BCUT2D eigenvalue weighted by Crippen LogP contribution is -2.31. The highest BCUT2D eigenvalue weighted by Gasteiger charge is 2.13. The molecule has 1 heterocycles. The molecule has 96 valence electrons. The van der Waals surface area contributed by atoms with Crippen LogP contribution < -0.4 is 5.73 Å². The summed E-state index contributed by atoms with van der Waals surface area (Å²) in [6.07, 6.45) is 2.08. The van der Waals surface area contributed by atoms with Gasteiger partial charge in [0.05, 0.1) is 6.26 Å². The summed E-state index contributed by atoms with van der Waals surface area (Å²) in [6, 6.07) is 7.70. The molecule has 0 fully saturated rings. The Labute approximate surface area is 106 Å². The number of fused-ring (bicyclic) bond motifs is 1. The van der Waals surface area contributed by atoms with E-state index in [0.717, 1.165) is 16.5 Å². The van der Waals surface area contributed by atoms with Crippen molar-refractivity contribution in [1.29, 1.82) is 0 Å². The van der Waals surface area contributed by atoms with Gasteiger partial charge >= 0.3 is 0 Å². The van der Waals surface area contributed by atoms with Gasteiger partial charge in [0.25, 0.3) is 0 Å². The van der Waals surface area contributed by atoms with Crippen molar-refractivity contribution in [3.05, 3.63) is 36.1 Å². The summed E-state index contributed by atoms with van der Waals surface area (Å²) in [7, 11) is 1.78. The van der Waals surface area contributed by atoms with Gasteiger partial charge in [-0.25, -0.2) is 0 Å². The Hall–Kier alpha value is -1.81. The first kappa shape index (κ1) is 12.6. The van der Waals surface area contributed by atoms with Crippen LogP contribution in [-0.4, -0.2) is 23.9 Å². The Bertz CT molecular complexity index is 545. The van der Waals surface area contributed by atoms with Crippen molar-refractivity contribution in [2.24, 2.45) is 5.73 Å². The Morgan fingerprint density at radius 2 is 2.17 bits per heavy atom. The fourth-order valence-corrected chi connectivity index (χ4v) is 1.93. The van der Waals surface area contributed by atoms with E-state index in [1.54, 1.807) is 18.2 Å². The van der Waals surface area contributed by atoms with E-state index in [9.17, 15) is 4.79 Å². The van der Waals surface area contributed by atoms with Gasteiger partial charge in [0, 0.05) is 37.0 Å². The summed E-state index contributed by atoms with van der Waals surface area (Å²) in [5.74, 6) is 0.0512. The largest absolute Gasteiger partial charge is 0.464 e. The molecule has 4 heteroatoms. The van der Waals surface area contributed by atoms with Crippen LogP contribution in [0.2, 0.25) is 0 Å². The molecule has 0 saturated carbocycles. The lowest BCUT2D eigenvalue weighted by Gasteiger charge is -2.17. The SMILES string of the molecule is CC(N)CC(=O)N(C)Cc1coc2ccccc12. The highest BCUT2D eigenvalue weighted by molar-refractivity contribution is 5.82. The topological polar surface area (TPSA) is 59.5 Å². The van der Waals surface area contributed by atoms with Crippen LogP contribution in [0.15, 0.2) is 34.9 Å². The molecule has 0 saturated heterocycles. The number of carbonyl (C=O) groups is 1. The minimum absolute atomic E-state index is 0.0512. The van der Waals surface area contributed by atoms with E-state index in [1.807, 2.05) is 31.2 Å². The number of benzene rings is 1. The third kappa shape index (κ3) is 2.71. The first-order chi connectivity index (χ1) is 8.58. The van der Waals surface area contributed by atoms with Crippen LogP contribution in [-0.2, 0) is 11.3 Å². The molecule has 4 nitrogen and oxygen atoms in total. The minimum Gasteiger partial charge on any atom is -0.464 e. The summed E-state index contributed by atoms with van der Waals surface area (Å²) in [6.45, 7) is 2.38. The third-order valence-electron chi connectivity index (χ3n) is 2.89. The standard InChI is InChI=1S/C14H18N2O2/c1-10(15)7-14(17)16(2)8-11-9-18-13-6-4-3-5-12(11)13/h3-6,9-10H,7-8,15H2,1-2H3. The number of hydrogen-bond acceptors (Lipinski definition) is 3. The molecule has 1 atom stereocenters. The van der Waals surface area contributed by atoms with E-state index in [-0.39, 0.29) is 11.9 Å². The molecular weight excluding hydrogens is 228 g/mol. The average molecular weight is 246 g/mol. The number of rotatable bonds is 4. The van der Waals surface area contributed by atoms with Crippen LogP contribution in [0.25, 0.3) is 11.0 Å². The van der Waals surface area contributed by atoms with Crippen LogP contribution in [0, 0.1) is 0 Å². The Kier molecular flexibility index (Phi) is 3.67. The highest BCUT2D eigenvalue weighted by atomic mass is 16.3. The molecule has 1 amide bonds. The molecule has 18 heavy (non-hydrogen) atoms. The quantitative estimate of drug-likeness (QED) is 0.899. The van der Waals surface area contributed by atoms with Crippen molar-refractivity contribution in [3.63, 3.8) is 0 Å². The van der Waals surface area contributed by atoms with Gasteiger partial charge in [-0.15, -0.1) is 0 Å². The van der Waals surface area contributed by atoms with Crippen LogP contribution in [0.3, 0.4) is 0 Å². The fourth-order valence-electron chi connectivity index (χ4n) is 1.93. The Balaban J connectivity index is 2.11. The van der Waals surface area contributed by atoms with Gasteiger partial charge in [0.1, 0.15) is 5.58 Å². The molecule has 2 aromatic rings. The average Bonchev–Trinajstić information content (AvgIpc) is 2.72. The fraction of sp³-hybridized carbons (Fsp3) is 0.357. The van der Waals surface area contributed by atoms with Crippen molar-refractivity contribution >= 4 is 16.9 Å². The van der Waals surface area contributed by atoms with E-state index in [4.69, 9.17) is 10.2 Å². The first-order valence-corrected chi connectivity index (χ1v) is 6.02. The second kappa shape index (κ2) is 5.23. The van der Waals surface area contributed by atoms with E-state index in [0.29, 0.717) is 13.0 Å². The molecule has 0 aliphatic rings. The van der Waals surface area contributed by atoms with Crippen molar-refractivity contribution < 1.29 is 9.21 Å². The smallest absolute Gasteiger partial charge is 0.224 e. The van der Waals surface area contributed by atoms with E-state index >= 15 is 0 Å². The zero-order valence-corrected chi connectivity index (χ0v) is 10.7. The zero-order valence-electron chi connectivity index (χ0n) is 10.7. The maximum atomic E-state index is 11.8. The number of amides is 1. The number of nitrogens with zero attached hydrogens (tertiary/aromatic N) is 1. The summed E-state index contributed by atoms with van der Waals surface area (Å²) in [4.78, 5) is 13.5. The second-order valence-electron chi connectivity index (χ2n) is 4.69. The van der Waals surface area contributed by atoms with Crippen LogP contribution >= 0.6 is 0 Å². The second-order valence-corrected chi connectivity index (χ2v) is 4.69. The number of furan rings is 1. The predicted molar refractivity (Wildman–Crippen MR) is 71.0 cm³/mol. The Morgan fingerprint density at radius 3 is 2.89 bits per heavy atom. The van der Waals surface area contributed by atoms with Crippen molar-refractivity contribution in [2.45, 2.75) is 25.9 Å². The van der Waals surface area contributed by atoms with Gasteiger partial charge in [-0.2, -0.15) is 0 Å². The first-order valence-electron chi connectivity index (χ1n) is 6.02. The molecular formula is C14H18N2O2. The minimum atomic E-state index is -0.110. The molecule has 1 aromatic carbocycles. The maximum Gasteiger partial charge on any atom is 0.224 e. The van der Waals surface area contributed by atoms with Gasteiger partial charge in [0.15, 0.2) is 0 Å². The number of hydrogen-bond donors (Lipinski definition) is 1. The molecule has 2 rings (SSSR count). The molecule has 0 aliphatic carbocycles. The van der Waals surface area contributed by atoms with E-state index in [2.05, 4.69) is 0 Å². The molecule has 0 aliphatic heterocycles. The summed E-state index contributed by atoms with van der Waals surface area (Å²) in [5.41, 5.74) is 7.50. The number of para-hydroxylation sites is 1. The monoisotopic (exact) mass is 246 g/mol. The van der Waals surface area contributed by atoms with Crippen molar-refractivity contribution in [1.82, 2.24) is 4.90 Å². The van der Waals surface area contributed by atoms with Gasteiger partial charge in [-0.3, -0.25) is 4.79 Å². The van der Waals surface area contributed by atoms with Crippen LogP contribution in [0.1, 0.15) is 18.9 Å². The lowest BCUT2D eigenvalue weighted by atomic mass is 10.1.